The maximum atomic E-state index is 5.48. The zero-order chi connectivity index (χ0) is 20.8. The maximum Gasteiger partial charge on any atom is 0.216 e. The Morgan fingerprint density at radius 1 is 1.07 bits per heavy atom. The summed E-state index contributed by atoms with van der Waals surface area (Å²) in [7, 11) is 4.69. The minimum Gasteiger partial charge on any atom is -0.494 e. The summed E-state index contributed by atoms with van der Waals surface area (Å²) in [6.45, 7) is 2.55. The average molecular weight is 414 g/mol. The van der Waals surface area contributed by atoms with Crippen LogP contribution in [0.3, 0.4) is 0 Å². The molecule has 0 spiro atoms. The van der Waals surface area contributed by atoms with E-state index in [0.29, 0.717) is 34.5 Å². The van der Waals surface area contributed by atoms with Gasteiger partial charge in [-0.1, -0.05) is 0 Å². The van der Waals surface area contributed by atoms with Crippen LogP contribution in [0.15, 0.2) is 41.5 Å². The van der Waals surface area contributed by atoms with Crippen LogP contribution in [0.4, 0.5) is 0 Å². The van der Waals surface area contributed by atoms with E-state index in [1.807, 2.05) is 31.2 Å². The lowest BCUT2D eigenvalue weighted by molar-refractivity contribution is 0.324. The van der Waals surface area contributed by atoms with Crippen molar-refractivity contribution in [1.29, 1.82) is 0 Å². The highest BCUT2D eigenvalue weighted by Crippen LogP contribution is 2.37. The monoisotopic (exact) mass is 414 g/mol. The number of nitrogens with zero attached hydrogens (tertiary/aromatic N) is 3. The summed E-state index contributed by atoms with van der Waals surface area (Å²) in [5, 5.41) is 11.6. The highest BCUT2D eigenvalue weighted by molar-refractivity contribution is 7.71. The molecule has 3 rings (SSSR count). The van der Waals surface area contributed by atoms with Crippen LogP contribution >= 0.6 is 12.2 Å². The van der Waals surface area contributed by atoms with Crippen molar-refractivity contribution in [2.45, 2.75) is 6.92 Å². The second kappa shape index (κ2) is 9.24. The van der Waals surface area contributed by atoms with E-state index < -0.39 is 0 Å². The normalized spacial score (nSPS) is 10.9. The number of rotatable bonds is 8. The first-order valence-corrected chi connectivity index (χ1v) is 9.27. The summed E-state index contributed by atoms with van der Waals surface area (Å²) in [4.78, 5) is 0. The standard InChI is InChI=1S/C20H22N4O4S/c1-5-28-15-8-6-14(7-9-15)19-22-23-20(29)24(19)21-12-13-10-16(25-2)18(27-4)17(11-13)26-3/h6-12H,5H2,1-4H3,(H,23,29). The fraction of sp³-hybridized carbons (Fsp3) is 0.250. The number of aromatic amines is 1. The Morgan fingerprint density at radius 3 is 2.28 bits per heavy atom. The molecular formula is C20H22N4O4S. The minimum absolute atomic E-state index is 0.373. The van der Waals surface area contributed by atoms with Crippen molar-refractivity contribution < 1.29 is 18.9 Å². The molecule has 2 aromatic carbocycles. The van der Waals surface area contributed by atoms with Gasteiger partial charge in [0.15, 0.2) is 17.3 Å². The van der Waals surface area contributed by atoms with Crippen LogP contribution in [0.5, 0.6) is 23.0 Å². The van der Waals surface area contributed by atoms with Gasteiger partial charge in [0, 0.05) is 11.1 Å². The second-order valence-electron chi connectivity index (χ2n) is 5.82. The molecule has 9 heteroatoms. The van der Waals surface area contributed by atoms with Crippen LogP contribution in [-0.4, -0.2) is 49.0 Å². The smallest absolute Gasteiger partial charge is 0.216 e. The Labute approximate surface area is 173 Å². The Balaban J connectivity index is 1.96. The third kappa shape index (κ3) is 4.40. The number of methoxy groups -OCH3 is 3. The summed E-state index contributed by atoms with van der Waals surface area (Å²) in [5.74, 6) is 2.97. The van der Waals surface area contributed by atoms with Gasteiger partial charge in [-0.2, -0.15) is 14.9 Å². The molecule has 0 atom stereocenters. The molecule has 0 aliphatic carbocycles. The van der Waals surface area contributed by atoms with Gasteiger partial charge in [0.2, 0.25) is 10.5 Å². The van der Waals surface area contributed by atoms with Crippen LogP contribution in [0.1, 0.15) is 12.5 Å². The Bertz CT molecular complexity index is 1030. The molecule has 0 amide bonds. The number of hydrogen-bond donors (Lipinski definition) is 1. The first kappa shape index (κ1) is 20.4. The zero-order valence-corrected chi connectivity index (χ0v) is 17.4. The van der Waals surface area contributed by atoms with Gasteiger partial charge in [0.05, 0.1) is 34.2 Å². The van der Waals surface area contributed by atoms with Crippen molar-refractivity contribution in [3.63, 3.8) is 0 Å². The molecule has 1 heterocycles. The molecule has 0 radical (unpaired) electrons. The van der Waals surface area contributed by atoms with Gasteiger partial charge in [-0.05, 0) is 55.5 Å². The fourth-order valence-corrected chi connectivity index (χ4v) is 2.93. The summed E-state index contributed by atoms with van der Waals surface area (Å²) < 4.78 is 23.5. The van der Waals surface area contributed by atoms with Crippen molar-refractivity contribution in [2.24, 2.45) is 5.10 Å². The molecule has 0 aliphatic rings. The largest absolute Gasteiger partial charge is 0.494 e. The summed E-state index contributed by atoms with van der Waals surface area (Å²) >= 11 is 5.33. The van der Waals surface area contributed by atoms with E-state index in [1.54, 1.807) is 44.4 Å². The predicted molar refractivity (Wildman–Crippen MR) is 113 cm³/mol. The Kier molecular flexibility index (Phi) is 6.50. The minimum atomic E-state index is 0.373. The van der Waals surface area contributed by atoms with Crippen LogP contribution in [-0.2, 0) is 0 Å². The van der Waals surface area contributed by atoms with Crippen LogP contribution in [0, 0.1) is 4.77 Å². The molecule has 152 valence electrons. The van der Waals surface area contributed by atoms with Gasteiger partial charge in [-0.3, -0.25) is 0 Å². The van der Waals surface area contributed by atoms with Crippen molar-refractivity contribution in [3.8, 4) is 34.4 Å². The third-order valence-electron chi connectivity index (χ3n) is 4.08. The molecule has 0 aliphatic heterocycles. The van der Waals surface area contributed by atoms with Gasteiger partial charge in [0.25, 0.3) is 0 Å². The van der Waals surface area contributed by atoms with Crippen molar-refractivity contribution in [1.82, 2.24) is 14.9 Å². The fourth-order valence-electron chi connectivity index (χ4n) is 2.75. The molecule has 0 saturated carbocycles. The van der Waals surface area contributed by atoms with Gasteiger partial charge in [0.1, 0.15) is 5.75 Å². The van der Waals surface area contributed by atoms with E-state index in [4.69, 9.17) is 31.2 Å². The van der Waals surface area contributed by atoms with Gasteiger partial charge < -0.3 is 18.9 Å². The Morgan fingerprint density at radius 2 is 1.72 bits per heavy atom. The van der Waals surface area contributed by atoms with E-state index in [1.165, 1.54) is 0 Å². The molecule has 1 aromatic heterocycles. The van der Waals surface area contributed by atoms with Crippen LogP contribution in [0.2, 0.25) is 0 Å². The number of nitrogens with one attached hydrogen (secondary N) is 1. The Hall–Kier alpha value is -3.33. The van der Waals surface area contributed by atoms with Gasteiger partial charge in [-0.15, -0.1) is 0 Å². The zero-order valence-electron chi connectivity index (χ0n) is 16.6. The lowest BCUT2D eigenvalue weighted by Crippen LogP contribution is -1.98. The lowest BCUT2D eigenvalue weighted by Gasteiger charge is -2.12. The molecule has 1 N–H and O–H groups in total. The van der Waals surface area contributed by atoms with E-state index in [-0.39, 0.29) is 0 Å². The molecule has 0 unspecified atom stereocenters. The maximum absolute atomic E-state index is 5.48. The molecule has 8 nitrogen and oxygen atoms in total. The van der Waals surface area contributed by atoms with E-state index >= 15 is 0 Å². The van der Waals surface area contributed by atoms with E-state index in [9.17, 15) is 0 Å². The summed E-state index contributed by atoms with van der Waals surface area (Å²) in [5.41, 5.74) is 1.60. The van der Waals surface area contributed by atoms with Crippen LogP contribution < -0.4 is 18.9 Å². The van der Waals surface area contributed by atoms with Crippen molar-refractivity contribution in [3.05, 3.63) is 46.7 Å². The van der Waals surface area contributed by atoms with E-state index in [2.05, 4.69) is 15.3 Å². The number of ether oxygens (including phenoxy) is 4. The molecule has 29 heavy (non-hydrogen) atoms. The molecule has 3 aromatic rings. The number of aromatic nitrogens is 3. The quantitative estimate of drug-likeness (QED) is 0.444. The van der Waals surface area contributed by atoms with Gasteiger partial charge in [-0.25, -0.2) is 5.10 Å². The molecule has 0 bridgehead atoms. The average Bonchev–Trinajstić information content (AvgIpc) is 3.12. The summed E-state index contributed by atoms with van der Waals surface area (Å²) in [6.07, 6.45) is 1.65. The molecule has 0 saturated heterocycles. The SMILES string of the molecule is CCOc1ccc(-c2n[nH]c(=S)n2N=Cc2cc(OC)c(OC)c(OC)c2)cc1. The number of benzene rings is 2. The van der Waals surface area contributed by atoms with Crippen molar-refractivity contribution >= 4 is 18.4 Å². The summed E-state index contributed by atoms with van der Waals surface area (Å²) in [6, 6.07) is 11.2. The number of hydrogen-bond acceptors (Lipinski definition) is 7. The van der Waals surface area contributed by atoms with Crippen molar-refractivity contribution in [2.75, 3.05) is 27.9 Å². The van der Waals surface area contributed by atoms with Crippen LogP contribution in [0.25, 0.3) is 11.4 Å². The lowest BCUT2D eigenvalue weighted by atomic mass is 10.2. The van der Waals surface area contributed by atoms with Gasteiger partial charge >= 0.3 is 0 Å². The highest BCUT2D eigenvalue weighted by Gasteiger charge is 2.13. The third-order valence-corrected chi connectivity index (χ3v) is 4.35. The molecule has 0 fully saturated rings. The second-order valence-corrected chi connectivity index (χ2v) is 6.21. The molecular weight excluding hydrogens is 392 g/mol. The van der Waals surface area contributed by atoms with E-state index in [0.717, 1.165) is 16.9 Å². The first-order valence-electron chi connectivity index (χ1n) is 8.86. The highest BCUT2D eigenvalue weighted by atomic mass is 32.1. The first-order chi connectivity index (χ1) is 14.1. The topological polar surface area (TPSA) is 82.9 Å². The number of H-pyrrole nitrogens is 1. The predicted octanol–water partition coefficient (Wildman–Crippen LogP) is 3.91.